The lowest BCUT2D eigenvalue weighted by molar-refractivity contribution is 0.0695. The van der Waals surface area contributed by atoms with Gasteiger partial charge in [0.25, 0.3) is 0 Å². The molecule has 1 atom stereocenters. The van der Waals surface area contributed by atoms with Crippen molar-refractivity contribution in [3.63, 3.8) is 0 Å². The molecule has 36 heavy (non-hydrogen) atoms. The zero-order valence-corrected chi connectivity index (χ0v) is 20.6. The number of carbonyl (C=O) groups is 1. The summed E-state index contributed by atoms with van der Waals surface area (Å²) in [6.07, 6.45) is 1.96. The van der Waals surface area contributed by atoms with Crippen LogP contribution in [0.2, 0.25) is 0 Å². The second-order valence-electron chi connectivity index (χ2n) is 9.44. The van der Waals surface area contributed by atoms with Crippen LogP contribution in [0.25, 0.3) is 10.9 Å². The minimum absolute atomic E-state index is 0.155. The maximum Gasteiger partial charge on any atom is 0.337 e. The predicted octanol–water partition coefficient (Wildman–Crippen LogP) is 4.71. The number of carboxylic acid groups (broad SMARTS) is 1. The van der Waals surface area contributed by atoms with Gasteiger partial charge in [0, 0.05) is 35.2 Å². The van der Waals surface area contributed by atoms with Crippen LogP contribution in [0.15, 0.2) is 66.9 Å². The number of pyridine rings is 1. The summed E-state index contributed by atoms with van der Waals surface area (Å²) in [5, 5.41) is 24.0. The molecule has 0 amide bonds. The number of hydrogen-bond donors (Lipinski definition) is 4. The lowest BCUT2D eigenvalue weighted by Gasteiger charge is -2.28. The van der Waals surface area contributed by atoms with Crippen LogP contribution in [0, 0.1) is 6.92 Å². The van der Waals surface area contributed by atoms with Crippen molar-refractivity contribution in [2.45, 2.75) is 38.8 Å². The molecule has 0 aliphatic heterocycles. The minimum atomic E-state index is -1.01. The van der Waals surface area contributed by atoms with Crippen LogP contribution in [0.4, 0.5) is 0 Å². The van der Waals surface area contributed by atoms with Gasteiger partial charge in [-0.15, -0.1) is 0 Å². The topological polar surface area (TPSA) is 117 Å². The number of aliphatic hydroxyl groups is 1. The fourth-order valence-electron chi connectivity index (χ4n) is 4.01. The van der Waals surface area contributed by atoms with Crippen LogP contribution in [0.3, 0.4) is 0 Å². The highest BCUT2D eigenvalue weighted by Crippen LogP contribution is 2.25. The summed E-state index contributed by atoms with van der Waals surface area (Å²) in [5.74, 6) is 0.694. The van der Waals surface area contributed by atoms with Gasteiger partial charge in [-0.05, 0) is 69.2 Å². The number of aromatic amines is 1. The minimum Gasteiger partial charge on any atom is -0.490 e. The SMILES string of the molecule is Cc1nc(Oc2ccc(CC(C)(C)NCC(O)COc3cccc4[nH]ccc34)cc2)ccc1C(=O)O. The first kappa shape index (κ1) is 25.2. The van der Waals surface area contributed by atoms with Crippen LogP contribution < -0.4 is 14.8 Å². The van der Waals surface area contributed by atoms with Crippen molar-refractivity contribution in [1.29, 1.82) is 0 Å². The Morgan fingerprint density at radius 2 is 1.89 bits per heavy atom. The highest BCUT2D eigenvalue weighted by Gasteiger charge is 2.20. The van der Waals surface area contributed by atoms with Gasteiger partial charge in [-0.25, -0.2) is 9.78 Å². The average molecular weight is 490 g/mol. The molecule has 4 rings (SSSR count). The van der Waals surface area contributed by atoms with Crippen molar-refractivity contribution in [2.75, 3.05) is 13.2 Å². The molecule has 4 N–H and O–H groups in total. The van der Waals surface area contributed by atoms with Crippen LogP contribution >= 0.6 is 0 Å². The molecule has 4 aromatic rings. The van der Waals surface area contributed by atoms with Crippen LogP contribution in [-0.2, 0) is 6.42 Å². The molecule has 0 spiro atoms. The van der Waals surface area contributed by atoms with Crippen molar-refractivity contribution in [3.05, 3.63) is 83.7 Å². The van der Waals surface area contributed by atoms with Gasteiger partial charge in [0.1, 0.15) is 24.2 Å². The van der Waals surface area contributed by atoms with Gasteiger partial charge in [-0.2, -0.15) is 0 Å². The summed E-state index contributed by atoms with van der Waals surface area (Å²) in [4.78, 5) is 18.5. The number of carboxylic acids is 1. The smallest absolute Gasteiger partial charge is 0.337 e. The third-order valence-electron chi connectivity index (χ3n) is 5.88. The average Bonchev–Trinajstić information content (AvgIpc) is 3.32. The highest BCUT2D eigenvalue weighted by atomic mass is 16.5. The number of ether oxygens (including phenoxy) is 2. The Morgan fingerprint density at radius 1 is 1.11 bits per heavy atom. The number of H-pyrrole nitrogens is 1. The molecule has 0 aliphatic carbocycles. The van der Waals surface area contributed by atoms with Crippen LogP contribution in [0.5, 0.6) is 17.4 Å². The number of aryl methyl sites for hydroxylation is 1. The standard InChI is InChI=1S/C28H31N3O5/c1-18-22(27(33)34)11-12-26(31-18)36-21-9-7-19(8-10-21)15-28(2,3)30-16-20(32)17-35-25-6-4-5-24-23(25)13-14-29-24/h4-14,20,29-30,32H,15-17H2,1-3H3,(H,33,34). The summed E-state index contributed by atoms with van der Waals surface area (Å²) in [7, 11) is 0. The van der Waals surface area contributed by atoms with Crippen molar-refractivity contribution in [2.24, 2.45) is 0 Å². The predicted molar refractivity (Wildman–Crippen MR) is 138 cm³/mol. The van der Waals surface area contributed by atoms with E-state index in [4.69, 9.17) is 14.6 Å². The molecule has 0 saturated heterocycles. The van der Waals surface area contributed by atoms with Crippen molar-refractivity contribution >= 4 is 16.9 Å². The van der Waals surface area contributed by atoms with E-state index in [1.165, 1.54) is 6.07 Å². The second-order valence-corrected chi connectivity index (χ2v) is 9.44. The molecular formula is C28H31N3O5. The monoisotopic (exact) mass is 489 g/mol. The Kier molecular flexibility index (Phi) is 7.57. The van der Waals surface area contributed by atoms with Crippen molar-refractivity contribution in [1.82, 2.24) is 15.3 Å². The van der Waals surface area contributed by atoms with Gasteiger partial charge in [0.15, 0.2) is 0 Å². The number of fused-ring (bicyclic) bond motifs is 1. The quantitative estimate of drug-likeness (QED) is 0.241. The summed E-state index contributed by atoms with van der Waals surface area (Å²) in [6.45, 7) is 6.40. The number of hydrogen-bond acceptors (Lipinski definition) is 6. The number of aromatic nitrogens is 2. The Morgan fingerprint density at radius 3 is 2.61 bits per heavy atom. The maximum absolute atomic E-state index is 11.1. The molecule has 0 bridgehead atoms. The van der Waals surface area contributed by atoms with Gasteiger partial charge < -0.3 is 30.0 Å². The number of rotatable bonds is 11. The highest BCUT2D eigenvalue weighted by molar-refractivity contribution is 5.88. The first-order chi connectivity index (χ1) is 17.2. The molecule has 1 unspecified atom stereocenters. The molecule has 8 heteroatoms. The van der Waals surface area contributed by atoms with Crippen LogP contribution in [0.1, 0.15) is 35.5 Å². The van der Waals surface area contributed by atoms with E-state index in [0.29, 0.717) is 23.9 Å². The molecular weight excluding hydrogens is 458 g/mol. The lowest BCUT2D eigenvalue weighted by Crippen LogP contribution is -2.46. The van der Waals surface area contributed by atoms with Gasteiger partial charge in [-0.3, -0.25) is 0 Å². The van der Waals surface area contributed by atoms with E-state index in [1.54, 1.807) is 13.0 Å². The van der Waals surface area contributed by atoms with E-state index in [0.717, 1.165) is 28.6 Å². The fourth-order valence-corrected chi connectivity index (χ4v) is 4.01. The van der Waals surface area contributed by atoms with E-state index in [2.05, 4.69) is 29.1 Å². The van der Waals surface area contributed by atoms with Crippen LogP contribution in [-0.4, -0.2) is 50.9 Å². The lowest BCUT2D eigenvalue weighted by atomic mass is 9.94. The number of nitrogens with zero attached hydrogens (tertiary/aromatic N) is 1. The maximum atomic E-state index is 11.1. The Bertz CT molecular complexity index is 1330. The van der Waals surface area contributed by atoms with E-state index in [9.17, 15) is 9.90 Å². The van der Waals surface area contributed by atoms with Gasteiger partial charge >= 0.3 is 5.97 Å². The fraction of sp³-hybridized carbons (Fsp3) is 0.286. The Labute approximate surface area is 209 Å². The number of nitrogens with one attached hydrogen (secondary N) is 2. The number of benzene rings is 2. The Balaban J connectivity index is 1.26. The molecule has 0 aliphatic rings. The number of β-amino-alcohol motifs (C(OH)–C–C–N with tert-alkyl or cyclic N) is 1. The summed E-state index contributed by atoms with van der Waals surface area (Å²) in [5.41, 5.74) is 2.41. The van der Waals surface area contributed by atoms with Gasteiger partial charge in [-0.1, -0.05) is 18.2 Å². The molecule has 2 heterocycles. The van der Waals surface area contributed by atoms with Gasteiger partial charge in [0.05, 0.1) is 11.3 Å². The molecule has 0 radical (unpaired) electrons. The normalized spacial score (nSPS) is 12.4. The van der Waals surface area contributed by atoms with E-state index < -0.39 is 12.1 Å². The van der Waals surface area contributed by atoms with E-state index in [-0.39, 0.29) is 17.7 Å². The Hall–Kier alpha value is -3.88. The molecule has 188 valence electrons. The summed E-state index contributed by atoms with van der Waals surface area (Å²) < 4.78 is 11.6. The third kappa shape index (κ3) is 6.41. The zero-order valence-electron chi connectivity index (χ0n) is 20.6. The largest absolute Gasteiger partial charge is 0.490 e. The van der Waals surface area contributed by atoms with Crippen molar-refractivity contribution in [3.8, 4) is 17.4 Å². The first-order valence-electron chi connectivity index (χ1n) is 11.8. The third-order valence-corrected chi connectivity index (χ3v) is 5.88. The van der Waals surface area contributed by atoms with Crippen molar-refractivity contribution < 1.29 is 24.5 Å². The number of aliphatic hydroxyl groups excluding tert-OH is 1. The van der Waals surface area contributed by atoms with E-state index in [1.807, 2.05) is 54.7 Å². The second kappa shape index (κ2) is 10.8. The molecule has 2 aromatic carbocycles. The van der Waals surface area contributed by atoms with Gasteiger partial charge in [0.2, 0.25) is 5.88 Å². The first-order valence-corrected chi connectivity index (χ1v) is 11.8. The molecule has 0 saturated carbocycles. The summed E-state index contributed by atoms with van der Waals surface area (Å²) >= 11 is 0. The molecule has 8 nitrogen and oxygen atoms in total. The number of aromatic carboxylic acids is 1. The summed E-state index contributed by atoms with van der Waals surface area (Å²) in [6, 6.07) is 18.5. The molecule has 0 fully saturated rings. The van der Waals surface area contributed by atoms with E-state index >= 15 is 0 Å². The molecule has 2 aromatic heterocycles. The zero-order chi connectivity index (χ0) is 25.7.